The molecule has 0 unspecified atom stereocenters. The first-order chi connectivity index (χ1) is 16.7. The van der Waals surface area contributed by atoms with Crippen LogP contribution in [0.3, 0.4) is 0 Å². The van der Waals surface area contributed by atoms with E-state index in [2.05, 4.69) is 16.2 Å². The van der Waals surface area contributed by atoms with Crippen LogP contribution in [-0.2, 0) is 9.53 Å². The molecule has 10 heteroatoms. The molecule has 1 aromatic heterocycles. The first-order valence-corrected chi connectivity index (χ1v) is 11.3. The highest BCUT2D eigenvalue weighted by Crippen LogP contribution is 2.36. The molecule has 2 heterocycles. The number of hydrogen-bond acceptors (Lipinski definition) is 6. The highest BCUT2D eigenvalue weighted by Gasteiger charge is 2.31. The van der Waals surface area contributed by atoms with Gasteiger partial charge in [-0.1, -0.05) is 30.3 Å². The summed E-state index contributed by atoms with van der Waals surface area (Å²) < 4.78 is 48.0. The normalized spacial score (nSPS) is 14.6. The standard InChI is InChI=1S/C25H23ClF3N3O3/c1-17(16-33)20-15-19(35-25(27,28)29)6-7-22(20)32(10-9-31-11-13-34-14-12-31)23-8-5-18-3-2-4-21(26)24(18)30-23/h2-8,15-16H,1,9-14H2. The van der Waals surface area contributed by atoms with Crippen molar-refractivity contribution in [3.8, 4) is 5.75 Å². The lowest BCUT2D eigenvalue weighted by atomic mass is 10.0. The van der Waals surface area contributed by atoms with Crippen molar-refractivity contribution in [2.24, 2.45) is 0 Å². The molecule has 184 valence electrons. The fourth-order valence-corrected chi connectivity index (χ4v) is 4.17. The molecule has 0 atom stereocenters. The van der Waals surface area contributed by atoms with Crippen LogP contribution in [-0.4, -0.2) is 61.9 Å². The van der Waals surface area contributed by atoms with Gasteiger partial charge in [0.25, 0.3) is 0 Å². The Kier molecular flexibility index (Phi) is 7.59. The first-order valence-electron chi connectivity index (χ1n) is 10.9. The molecule has 3 aromatic rings. The number of pyridine rings is 1. The van der Waals surface area contributed by atoms with Crippen LogP contribution in [0.5, 0.6) is 5.75 Å². The van der Waals surface area contributed by atoms with E-state index in [-0.39, 0.29) is 11.1 Å². The monoisotopic (exact) mass is 505 g/mol. The molecular weight excluding hydrogens is 483 g/mol. The van der Waals surface area contributed by atoms with Crippen molar-refractivity contribution < 1.29 is 27.4 Å². The number of benzene rings is 2. The highest BCUT2D eigenvalue weighted by atomic mass is 35.5. The van der Waals surface area contributed by atoms with Crippen LogP contribution < -0.4 is 9.64 Å². The number of ether oxygens (including phenoxy) is 2. The summed E-state index contributed by atoms with van der Waals surface area (Å²) in [6, 6.07) is 13.0. The summed E-state index contributed by atoms with van der Waals surface area (Å²) in [4.78, 5) is 20.4. The van der Waals surface area contributed by atoms with E-state index in [0.29, 0.717) is 54.6 Å². The fourth-order valence-electron chi connectivity index (χ4n) is 3.94. The summed E-state index contributed by atoms with van der Waals surface area (Å²) in [6.07, 6.45) is -4.37. The van der Waals surface area contributed by atoms with Crippen LogP contribution in [0, 0.1) is 0 Å². The third-order valence-electron chi connectivity index (χ3n) is 5.66. The topological polar surface area (TPSA) is 54.9 Å². The number of nitrogens with zero attached hydrogens (tertiary/aromatic N) is 3. The molecule has 1 aliphatic rings. The van der Waals surface area contributed by atoms with Crippen molar-refractivity contribution in [1.29, 1.82) is 0 Å². The summed E-state index contributed by atoms with van der Waals surface area (Å²) in [7, 11) is 0. The second-order valence-corrected chi connectivity index (χ2v) is 8.36. The smallest absolute Gasteiger partial charge is 0.406 e. The molecule has 0 N–H and O–H groups in total. The average molecular weight is 506 g/mol. The lowest BCUT2D eigenvalue weighted by Gasteiger charge is -2.32. The summed E-state index contributed by atoms with van der Waals surface area (Å²) in [5.74, 6) is 0.0881. The van der Waals surface area contributed by atoms with E-state index in [1.54, 1.807) is 6.07 Å². The maximum atomic E-state index is 12.8. The lowest BCUT2D eigenvalue weighted by Crippen LogP contribution is -2.40. The van der Waals surface area contributed by atoms with Gasteiger partial charge in [0.05, 0.1) is 29.4 Å². The SMILES string of the molecule is C=C(C=O)c1cc(OC(F)(F)F)ccc1N(CCN1CCOCC1)c1ccc2cccc(Cl)c2n1. The Balaban J connectivity index is 1.78. The van der Waals surface area contributed by atoms with Gasteiger partial charge in [-0.05, 0) is 36.4 Å². The zero-order valence-corrected chi connectivity index (χ0v) is 19.5. The quantitative estimate of drug-likeness (QED) is 0.299. The number of rotatable bonds is 8. The number of hydrogen-bond donors (Lipinski definition) is 0. The van der Waals surface area contributed by atoms with E-state index >= 15 is 0 Å². The van der Waals surface area contributed by atoms with Gasteiger partial charge in [-0.15, -0.1) is 13.2 Å². The van der Waals surface area contributed by atoms with Crippen molar-refractivity contribution >= 4 is 45.9 Å². The fraction of sp³-hybridized carbons (Fsp3) is 0.280. The Labute approximate surface area is 205 Å². The minimum absolute atomic E-state index is 0.0165. The van der Waals surface area contributed by atoms with Crippen molar-refractivity contribution in [2.45, 2.75) is 6.36 Å². The van der Waals surface area contributed by atoms with E-state index in [1.807, 2.05) is 29.2 Å². The maximum absolute atomic E-state index is 12.8. The van der Waals surface area contributed by atoms with E-state index in [0.717, 1.165) is 24.5 Å². The molecule has 35 heavy (non-hydrogen) atoms. The minimum Gasteiger partial charge on any atom is -0.406 e. The molecule has 1 aliphatic heterocycles. The Morgan fingerprint density at radius 1 is 1.20 bits per heavy atom. The third kappa shape index (κ3) is 6.11. The van der Waals surface area contributed by atoms with Crippen LogP contribution in [0.2, 0.25) is 5.02 Å². The second kappa shape index (κ2) is 10.6. The molecule has 0 aliphatic carbocycles. The maximum Gasteiger partial charge on any atom is 0.573 e. The number of aromatic nitrogens is 1. The lowest BCUT2D eigenvalue weighted by molar-refractivity contribution is -0.274. The van der Waals surface area contributed by atoms with Gasteiger partial charge in [-0.2, -0.15) is 0 Å². The van der Waals surface area contributed by atoms with Crippen LogP contribution >= 0.6 is 11.6 Å². The van der Waals surface area contributed by atoms with Crippen molar-refractivity contribution in [1.82, 2.24) is 9.88 Å². The number of alkyl halides is 3. The highest BCUT2D eigenvalue weighted by molar-refractivity contribution is 6.35. The van der Waals surface area contributed by atoms with Gasteiger partial charge in [0.1, 0.15) is 17.9 Å². The molecule has 0 spiro atoms. The van der Waals surface area contributed by atoms with Crippen LogP contribution in [0.1, 0.15) is 5.56 Å². The van der Waals surface area contributed by atoms with Gasteiger partial charge in [0, 0.05) is 42.7 Å². The van der Waals surface area contributed by atoms with Crippen LogP contribution in [0.25, 0.3) is 16.5 Å². The van der Waals surface area contributed by atoms with Gasteiger partial charge < -0.3 is 14.4 Å². The number of allylic oxidation sites excluding steroid dienone is 1. The molecular formula is C25H23ClF3N3O3. The minimum atomic E-state index is -4.87. The number of carbonyl (C=O) groups is 1. The predicted octanol–water partition coefficient (Wildman–Crippen LogP) is 5.47. The molecule has 2 aromatic carbocycles. The number of morpholine rings is 1. The van der Waals surface area contributed by atoms with E-state index in [9.17, 15) is 18.0 Å². The van der Waals surface area contributed by atoms with Crippen LogP contribution in [0.15, 0.2) is 55.1 Å². The van der Waals surface area contributed by atoms with E-state index in [4.69, 9.17) is 21.3 Å². The second-order valence-electron chi connectivity index (χ2n) is 7.96. The number of carbonyl (C=O) groups excluding carboxylic acids is 1. The summed E-state index contributed by atoms with van der Waals surface area (Å²) >= 11 is 6.38. The average Bonchev–Trinajstić information content (AvgIpc) is 2.84. The molecule has 1 fully saturated rings. The Hall–Kier alpha value is -3.14. The van der Waals surface area contributed by atoms with Gasteiger partial charge >= 0.3 is 6.36 Å². The Morgan fingerprint density at radius 3 is 2.69 bits per heavy atom. The largest absolute Gasteiger partial charge is 0.573 e. The van der Waals surface area contributed by atoms with Crippen molar-refractivity contribution in [3.05, 3.63) is 65.7 Å². The zero-order valence-electron chi connectivity index (χ0n) is 18.7. The molecule has 0 radical (unpaired) electrons. The molecule has 1 saturated heterocycles. The summed E-state index contributed by atoms with van der Waals surface area (Å²) in [6.45, 7) is 7.59. The van der Waals surface area contributed by atoms with Crippen molar-refractivity contribution in [2.75, 3.05) is 44.3 Å². The van der Waals surface area contributed by atoms with E-state index in [1.165, 1.54) is 12.1 Å². The first kappa shape index (κ1) is 25.0. The molecule has 4 rings (SSSR count). The number of anilines is 2. The zero-order chi connectivity index (χ0) is 25.0. The molecule has 6 nitrogen and oxygen atoms in total. The van der Waals surface area contributed by atoms with Gasteiger partial charge in [0.2, 0.25) is 0 Å². The molecule has 0 bridgehead atoms. The molecule has 0 saturated carbocycles. The number of aldehydes is 1. The Morgan fingerprint density at radius 2 is 1.97 bits per heavy atom. The summed E-state index contributed by atoms with van der Waals surface area (Å²) in [5.41, 5.74) is 1.30. The number of halogens is 4. The number of para-hydroxylation sites is 1. The van der Waals surface area contributed by atoms with Crippen molar-refractivity contribution in [3.63, 3.8) is 0 Å². The van der Waals surface area contributed by atoms with Gasteiger partial charge in [-0.25, -0.2) is 4.98 Å². The molecule has 0 amide bonds. The van der Waals surface area contributed by atoms with Gasteiger partial charge in [-0.3, -0.25) is 9.69 Å². The summed E-state index contributed by atoms with van der Waals surface area (Å²) in [5, 5.41) is 1.32. The Bertz CT molecular complexity index is 1230. The van der Waals surface area contributed by atoms with Gasteiger partial charge in [0.15, 0.2) is 0 Å². The predicted molar refractivity (Wildman–Crippen MR) is 129 cm³/mol. The van der Waals surface area contributed by atoms with Crippen LogP contribution in [0.4, 0.5) is 24.7 Å². The third-order valence-corrected chi connectivity index (χ3v) is 5.96. The number of fused-ring (bicyclic) bond motifs is 1. The van der Waals surface area contributed by atoms with E-state index < -0.39 is 12.1 Å².